The van der Waals surface area contributed by atoms with Crippen molar-refractivity contribution >= 4 is 5.97 Å². The minimum atomic E-state index is -0.267. The second kappa shape index (κ2) is 8.83. The summed E-state index contributed by atoms with van der Waals surface area (Å²) in [6.45, 7) is 4.26. The Bertz CT molecular complexity index is 1300. The second-order valence-electron chi connectivity index (χ2n) is 8.38. The van der Waals surface area contributed by atoms with Crippen LogP contribution in [0, 0.1) is 18.3 Å². The highest BCUT2D eigenvalue weighted by atomic mass is 16.5. The number of pyridine rings is 1. The number of esters is 1. The number of hydrogen-bond donors (Lipinski definition) is 2. The third-order valence-electron chi connectivity index (χ3n) is 6.22. The van der Waals surface area contributed by atoms with E-state index in [1.165, 1.54) is 18.1 Å². The molecular weight excluding hydrogens is 436 g/mol. The Kier molecular flexibility index (Phi) is 5.70. The van der Waals surface area contributed by atoms with Crippen molar-refractivity contribution < 1.29 is 14.3 Å². The van der Waals surface area contributed by atoms with Crippen LogP contribution in [0.3, 0.4) is 0 Å². The van der Waals surface area contributed by atoms with Gasteiger partial charge in [0.25, 0.3) is 0 Å². The van der Waals surface area contributed by atoms with Gasteiger partial charge >= 0.3 is 5.97 Å². The Hall–Kier alpha value is -3.85. The molecule has 0 saturated carbocycles. The van der Waals surface area contributed by atoms with Crippen molar-refractivity contribution in [2.45, 2.75) is 32.3 Å². The molecule has 0 spiro atoms. The van der Waals surface area contributed by atoms with Gasteiger partial charge in [0.05, 0.1) is 36.9 Å². The van der Waals surface area contributed by atoms with Gasteiger partial charge in [-0.2, -0.15) is 15.5 Å². The predicted molar refractivity (Wildman–Crippen MR) is 120 cm³/mol. The Morgan fingerprint density at radius 1 is 1.35 bits per heavy atom. The predicted octanol–water partition coefficient (Wildman–Crippen LogP) is 0.953. The maximum absolute atomic E-state index is 11.9. The molecule has 0 radical (unpaired) electrons. The molecule has 1 aromatic carbocycles. The molecule has 3 N–H and O–H groups in total. The molecule has 1 saturated heterocycles. The Morgan fingerprint density at radius 2 is 2.21 bits per heavy atom. The van der Waals surface area contributed by atoms with Gasteiger partial charge < -0.3 is 15.2 Å². The maximum atomic E-state index is 11.9. The summed E-state index contributed by atoms with van der Waals surface area (Å²) >= 11 is 0. The van der Waals surface area contributed by atoms with E-state index in [1.807, 2.05) is 25.1 Å². The number of fused-ring (bicyclic) bond motifs is 1. The van der Waals surface area contributed by atoms with Crippen molar-refractivity contribution in [1.82, 2.24) is 30.2 Å². The first-order chi connectivity index (χ1) is 16.5. The lowest BCUT2D eigenvalue weighted by atomic mass is 9.93. The van der Waals surface area contributed by atoms with Crippen LogP contribution in [-0.4, -0.2) is 57.2 Å². The van der Waals surface area contributed by atoms with Crippen molar-refractivity contribution in [1.29, 1.82) is 5.26 Å². The van der Waals surface area contributed by atoms with Gasteiger partial charge in [0.2, 0.25) is 0 Å². The topological polar surface area (TPSA) is 144 Å². The van der Waals surface area contributed by atoms with Crippen LogP contribution in [0.2, 0.25) is 0 Å². The first-order valence-electron chi connectivity index (χ1n) is 10.9. The number of nitrogens with zero attached hydrogens (tertiary/aromatic N) is 6. The summed E-state index contributed by atoms with van der Waals surface area (Å²) in [5.74, 6) is 0.610. The zero-order chi connectivity index (χ0) is 23.8. The van der Waals surface area contributed by atoms with Crippen molar-refractivity contribution in [3.05, 3.63) is 64.1 Å². The van der Waals surface area contributed by atoms with E-state index in [-0.39, 0.29) is 18.2 Å². The summed E-state index contributed by atoms with van der Waals surface area (Å²) in [5, 5.41) is 21.5. The first kappa shape index (κ1) is 22.0. The number of rotatable bonds is 5. The van der Waals surface area contributed by atoms with Gasteiger partial charge in [-0.1, -0.05) is 6.07 Å². The zero-order valence-corrected chi connectivity index (χ0v) is 18.9. The lowest BCUT2D eigenvalue weighted by Crippen LogP contribution is -2.56. The van der Waals surface area contributed by atoms with Gasteiger partial charge in [0.15, 0.2) is 5.82 Å². The number of cyclic esters (lactones) is 1. The van der Waals surface area contributed by atoms with E-state index in [0.29, 0.717) is 42.4 Å². The summed E-state index contributed by atoms with van der Waals surface area (Å²) < 4.78 is 10.4. The molecule has 0 aliphatic carbocycles. The van der Waals surface area contributed by atoms with Gasteiger partial charge in [-0.3, -0.25) is 10.2 Å². The standard InChI is InChI=1S/C23H24N8O3/c1-13-16(3-4-17-18(13)12-34-23(17)32)19-10-30(11-21(25)28-19)9-15-8-27-31(29-15)22-5-20(33-2)14(6-24)7-26-22/h3-5,7-8,19,21,28H,9-12,25H2,1-2H3/t19-,21+/m0/s1. The van der Waals surface area contributed by atoms with Crippen LogP contribution in [0.15, 0.2) is 30.6 Å². The monoisotopic (exact) mass is 460 g/mol. The molecule has 0 unspecified atom stereocenters. The second-order valence-corrected chi connectivity index (χ2v) is 8.38. The van der Waals surface area contributed by atoms with Crippen molar-refractivity contribution in [2.24, 2.45) is 5.73 Å². The number of methoxy groups -OCH3 is 1. The normalized spacial score (nSPS) is 20.0. The molecule has 1 fully saturated rings. The van der Waals surface area contributed by atoms with E-state index in [9.17, 15) is 4.79 Å². The molecule has 2 atom stereocenters. The summed E-state index contributed by atoms with van der Waals surface area (Å²) in [7, 11) is 1.50. The number of ether oxygens (including phenoxy) is 2. The highest BCUT2D eigenvalue weighted by Gasteiger charge is 2.30. The molecular formula is C23H24N8O3. The van der Waals surface area contributed by atoms with Crippen LogP contribution in [0.25, 0.3) is 5.82 Å². The fraction of sp³-hybridized carbons (Fsp3) is 0.348. The SMILES string of the molecule is COc1cc(-n2ncc(CN3C[C@@H](c4ccc5c(c4C)COC5=O)N[C@@H](N)C3)n2)ncc1C#N. The fourth-order valence-corrected chi connectivity index (χ4v) is 4.53. The van der Waals surface area contributed by atoms with E-state index in [4.69, 9.17) is 20.5 Å². The van der Waals surface area contributed by atoms with Crippen LogP contribution in [-0.2, 0) is 17.9 Å². The number of aromatic nitrogens is 4. The number of benzene rings is 1. The van der Waals surface area contributed by atoms with Gasteiger partial charge in [-0.15, -0.1) is 4.80 Å². The highest BCUT2D eigenvalue weighted by Crippen LogP contribution is 2.30. The Labute approximate surface area is 196 Å². The third kappa shape index (κ3) is 3.99. The first-order valence-corrected chi connectivity index (χ1v) is 10.9. The van der Waals surface area contributed by atoms with E-state index < -0.39 is 0 Å². The smallest absolute Gasteiger partial charge is 0.338 e. The van der Waals surface area contributed by atoms with E-state index in [2.05, 4.69) is 25.4 Å². The van der Waals surface area contributed by atoms with Crippen molar-refractivity contribution in [2.75, 3.05) is 20.2 Å². The number of carbonyl (C=O) groups excluding carboxylic acids is 1. The van der Waals surface area contributed by atoms with Gasteiger partial charge in [0, 0.05) is 37.3 Å². The molecule has 2 aliphatic heterocycles. The number of carbonyl (C=O) groups is 1. The van der Waals surface area contributed by atoms with Crippen LogP contribution in [0.1, 0.15) is 44.3 Å². The molecule has 2 aliphatic rings. The number of nitrogens with two attached hydrogens (primary N) is 1. The average Bonchev–Trinajstić information content (AvgIpc) is 3.45. The molecule has 0 bridgehead atoms. The average molecular weight is 460 g/mol. The van der Waals surface area contributed by atoms with Crippen LogP contribution in [0.4, 0.5) is 0 Å². The van der Waals surface area contributed by atoms with Crippen molar-refractivity contribution in [3.8, 4) is 17.6 Å². The summed E-state index contributed by atoms with van der Waals surface area (Å²) in [6.07, 6.45) is 2.91. The van der Waals surface area contributed by atoms with Gasteiger partial charge in [-0.05, 0) is 24.1 Å². The molecule has 3 aromatic rings. The van der Waals surface area contributed by atoms with E-state index in [0.717, 1.165) is 28.9 Å². The van der Waals surface area contributed by atoms with Gasteiger partial charge in [-0.25, -0.2) is 9.78 Å². The minimum absolute atomic E-state index is 0.00394. The van der Waals surface area contributed by atoms with E-state index in [1.54, 1.807) is 12.3 Å². The summed E-state index contributed by atoms with van der Waals surface area (Å²) in [4.78, 5) is 19.8. The van der Waals surface area contributed by atoms with Gasteiger partial charge in [0.1, 0.15) is 24.0 Å². The zero-order valence-electron chi connectivity index (χ0n) is 18.9. The molecule has 0 amide bonds. The fourth-order valence-electron chi connectivity index (χ4n) is 4.53. The van der Waals surface area contributed by atoms with Crippen molar-refractivity contribution in [3.63, 3.8) is 0 Å². The molecule has 11 heteroatoms. The number of nitriles is 1. The van der Waals surface area contributed by atoms with Crippen LogP contribution in [0.5, 0.6) is 5.75 Å². The maximum Gasteiger partial charge on any atom is 0.338 e. The number of piperazine rings is 1. The summed E-state index contributed by atoms with van der Waals surface area (Å²) in [6, 6.07) is 7.49. The quantitative estimate of drug-likeness (QED) is 0.528. The third-order valence-corrected chi connectivity index (χ3v) is 6.22. The van der Waals surface area contributed by atoms with Crippen LogP contribution < -0.4 is 15.8 Å². The summed E-state index contributed by atoms with van der Waals surface area (Å²) in [5.41, 5.74) is 11.2. The molecule has 174 valence electrons. The lowest BCUT2D eigenvalue weighted by Gasteiger charge is -2.38. The Balaban J connectivity index is 1.33. The van der Waals surface area contributed by atoms with E-state index >= 15 is 0 Å². The lowest BCUT2D eigenvalue weighted by molar-refractivity contribution is 0.0535. The molecule has 34 heavy (non-hydrogen) atoms. The minimum Gasteiger partial charge on any atom is -0.495 e. The molecule has 4 heterocycles. The number of hydrogen-bond acceptors (Lipinski definition) is 10. The molecule has 2 aromatic heterocycles. The molecule has 5 rings (SSSR count). The number of nitrogens with one attached hydrogen (secondary N) is 1. The van der Waals surface area contributed by atoms with Crippen LogP contribution >= 0.6 is 0 Å². The largest absolute Gasteiger partial charge is 0.495 e. The highest BCUT2D eigenvalue weighted by molar-refractivity contribution is 5.94. The molecule has 11 nitrogen and oxygen atoms in total. The Morgan fingerprint density at radius 3 is 3.00 bits per heavy atom.